The van der Waals surface area contributed by atoms with E-state index in [4.69, 9.17) is 4.74 Å². The molecule has 0 radical (unpaired) electrons. The number of benzene rings is 2. The Balaban J connectivity index is 1.50. The highest BCUT2D eigenvalue weighted by molar-refractivity contribution is 5.91. The molecular formula is C20H20N2O3. The zero-order valence-corrected chi connectivity index (χ0v) is 14.0. The van der Waals surface area contributed by atoms with Gasteiger partial charge in [-0.15, -0.1) is 0 Å². The Bertz CT molecular complexity index is 803. The monoisotopic (exact) mass is 336 g/mol. The fourth-order valence-electron chi connectivity index (χ4n) is 3.71. The van der Waals surface area contributed by atoms with Crippen LogP contribution in [0.5, 0.6) is 0 Å². The first kappa shape index (κ1) is 15.7. The van der Waals surface area contributed by atoms with Gasteiger partial charge in [0.05, 0.1) is 0 Å². The van der Waals surface area contributed by atoms with E-state index in [-0.39, 0.29) is 18.4 Å². The van der Waals surface area contributed by atoms with Crippen molar-refractivity contribution in [3.05, 3.63) is 59.7 Å². The Hall–Kier alpha value is -2.82. The van der Waals surface area contributed by atoms with Crippen molar-refractivity contribution in [1.82, 2.24) is 10.6 Å². The number of carbonyl (C=O) groups is 2. The van der Waals surface area contributed by atoms with Gasteiger partial charge in [-0.05, 0) is 35.6 Å². The Kier molecular flexibility index (Phi) is 3.71. The normalized spacial score (nSPS) is 21.4. The summed E-state index contributed by atoms with van der Waals surface area (Å²) in [5.41, 5.74) is 3.83. The maximum atomic E-state index is 12.2. The highest BCUT2D eigenvalue weighted by Crippen LogP contribution is 2.44. The predicted octanol–water partition coefficient (Wildman–Crippen LogP) is 2.80. The van der Waals surface area contributed by atoms with Gasteiger partial charge in [0.25, 0.3) is 0 Å². The van der Waals surface area contributed by atoms with Crippen molar-refractivity contribution in [2.75, 3.05) is 13.2 Å². The number of nitrogens with one attached hydrogen (secondary N) is 2. The van der Waals surface area contributed by atoms with Gasteiger partial charge in [-0.2, -0.15) is 0 Å². The molecule has 2 aromatic rings. The van der Waals surface area contributed by atoms with Gasteiger partial charge >= 0.3 is 6.09 Å². The summed E-state index contributed by atoms with van der Waals surface area (Å²) in [6.07, 6.45) is 0.0113. The fourth-order valence-corrected chi connectivity index (χ4v) is 3.71. The van der Waals surface area contributed by atoms with Crippen molar-refractivity contribution in [2.24, 2.45) is 0 Å². The molecule has 0 bridgehead atoms. The van der Waals surface area contributed by atoms with Crippen molar-refractivity contribution in [3.8, 4) is 11.1 Å². The Morgan fingerprint density at radius 2 is 1.76 bits per heavy atom. The zero-order chi connectivity index (χ0) is 17.4. The SMILES string of the molecule is CC1(NC(=O)OCC2c3ccccc3-c3ccccc32)CCNC1=O. The summed E-state index contributed by atoms with van der Waals surface area (Å²) >= 11 is 0. The van der Waals surface area contributed by atoms with Crippen molar-refractivity contribution >= 4 is 12.0 Å². The van der Waals surface area contributed by atoms with Crippen molar-refractivity contribution < 1.29 is 14.3 Å². The number of amides is 2. The molecule has 0 spiro atoms. The molecule has 128 valence electrons. The average molecular weight is 336 g/mol. The van der Waals surface area contributed by atoms with Gasteiger partial charge in [0.1, 0.15) is 12.1 Å². The third-order valence-corrected chi connectivity index (χ3v) is 5.13. The smallest absolute Gasteiger partial charge is 0.408 e. The maximum Gasteiger partial charge on any atom is 0.408 e. The van der Waals surface area contributed by atoms with Crippen molar-refractivity contribution in [3.63, 3.8) is 0 Å². The molecular weight excluding hydrogens is 316 g/mol. The molecule has 1 aliphatic carbocycles. The van der Waals surface area contributed by atoms with Gasteiger partial charge in [-0.25, -0.2) is 4.79 Å². The summed E-state index contributed by atoms with van der Waals surface area (Å²) in [6, 6.07) is 16.4. The molecule has 4 rings (SSSR count). The van der Waals surface area contributed by atoms with E-state index in [1.165, 1.54) is 22.3 Å². The van der Waals surface area contributed by atoms with E-state index < -0.39 is 11.6 Å². The van der Waals surface area contributed by atoms with Gasteiger partial charge < -0.3 is 15.4 Å². The first-order chi connectivity index (χ1) is 12.1. The predicted molar refractivity (Wildman–Crippen MR) is 94.2 cm³/mol. The lowest BCUT2D eigenvalue weighted by atomic mass is 9.98. The molecule has 2 amide bonds. The molecule has 5 nitrogen and oxygen atoms in total. The molecule has 1 unspecified atom stereocenters. The lowest BCUT2D eigenvalue weighted by Gasteiger charge is -2.22. The summed E-state index contributed by atoms with van der Waals surface area (Å²) in [7, 11) is 0. The molecule has 1 fully saturated rings. The number of ether oxygens (including phenoxy) is 1. The third-order valence-electron chi connectivity index (χ3n) is 5.13. The van der Waals surface area contributed by atoms with Crippen LogP contribution in [0.1, 0.15) is 30.4 Å². The van der Waals surface area contributed by atoms with Gasteiger partial charge in [0, 0.05) is 12.5 Å². The standard InChI is InChI=1S/C20H20N2O3/c1-20(10-11-21-18(20)23)22-19(24)25-12-17-15-8-4-2-6-13(15)14-7-3-5-9-16(14)17/h2-9,17H,10-12H2,1H3,(H,21,23)(H,22,24). The van der Waals surface area contributed by atoms with Crippen LogP contribution < -0.4 is 10.6 Å². The van der Waals surface area contributed by atoms with Crippen LogP contribution in [0.4, 0.5) is 4.79 Å². The molecule has 0 saturated carbocycles. The first-order valence-electron chi connectivity index (χ1n) is 8.50. The quantitative estimate of drug-likeness (QED) is 0.906. The van der Waals surface area contributed by atoms with Gasteiger partial charge in [-0.1, -0.05) is 48.5 Å². The molecule has 2 aliphatic rings. The Morgan fingerprint density at radius 3 is 2.32 bits per heavy atom. The van der Waals surface area contributed by atoms with E-state index in [2.05, 4.69) is 34.9 Å². The molecule has 25 heavy (non-hydrogen) atoms. The number of hydrogen-bond donors (Lipinski definition) is 2. The van der Waals surface area contributed by atoms with Crippen LogP contribution in [0, 0.1) is 0 Å². The van der Waals surface area contributed by atoms with Crippen LogP contribution in [-0.4, -0.2) is 30.7 Å². The highest BCUT2D eigenvalue weighted by Gasteiger charge is 2.39. The molecule has 5 heteroatoms. The average Bonchev–Trinajstić information content (AvgIpc) is 3.11. The van der Waals surface area contributed by atoms with Crippen LogP contribution in [0.25, 0.3) is 11.1 Å². The van der Waals surface area contributed by atoms with Gasteiger partial charge in [0.2, 0.25) is 5.91 Å². The molecule has 1 heterocycles. The molecule has 1 saturated heterocycles. The van der Waals surface area contributed by atoms with Crippen LogP contribution in [0.2, 0.25) is 0 Å². The van der Waals surface area contributed by atoms with E-state index in [1.54, 1.807) is 6.92 Å². The minimum atomic E-state index is -0.886. The zero-order valence-electron chi connectivity index (χ0n) is 14.0. The minimum Gasteiger partial charge on any atom is -0.449 e. The summed E-state index contributed by atoms with van der Waals surface area (Å²) in [5.74, 6) is -0.149. The van der Waals surface area contributed by atoms with Crippen LogP contribution in [0.3, 0.4) is 0 Å². The number of alkyl carbamates (subject to hydrolysis) is 1. The van der Waals surface area contributed by atoms with E-state index in [9.17, 15) is 9.59 Å². The Morgan fingerprint density at radius 1 is 1.16 bits per heavy atom. The van der Waals surface area contributed by atoms with Crippen LogP contribution >= 0.6 is 0 Å². The second-order valence-electron chi connectivity index (χ2n) is 6.79. The Labute approximate surface area is 146 Å². The van der Waals surface area contributed by atoms with Gasteiger partial charge in [0.15, 0.2) is 0 Å². The topological polar surface area (TPSA) is 67.4 Å². The molecule has 1 aliphatic heterocycles. The van der Waals surface area contributed by atoms with Gasteiger partial charge in [-0.3, -0.25) is 4.79 Å². The summed E-state index contributed by atoms with van der Waals surface area (Å²) in [4.78, 5) is 24.1. The number of fused-ring (bicyclic) bond motifs is 3. The number of carbonyl (C=O) groups excluding carboxylic acids is 2. The molecule has 0 aromatic heterocycles. The number of hydrogen-bond acceptors (Lipinski definition) is 3. The second kappa shape index (κ2) is 5.92. The van der Waals surface area contributed by atoms with Crippen molar-refractivity contribution in [1.29, 1.82) is 0 Å². The highest BCUT2D eigenvalue weighted by atomic mass is 16.5. The summed E-state index contributed by atoms with van der Waals surface area (Å²) in [6.45, 7) is 2.54. The maximum absolute atomic E-state index is 12.2. The molecule has 1 atom stereocenters. The fraction of sp³-hybridized carbons (Fsp3) is 0.300. The largest absolute Gasteiger partial charge is 0.449 e. The lowest BCUT2D eigenvalue weighted by Crippen LogP contribution is -2.51. The minimum absolute atomic E-state index is 0.0170. The first-order valence-corrected chi connectivity index (χ1v) is 8.50. The summed E-state index contributed by atoms with van der Waals surface area (Å²) < 4.78 is 5.49. The van der Waals surface area contributed by atoms with E-state index in [1.807, 2.05) is 24.3 Å². The molecule has 2 N–H and O–H groups in total. The van der Waals surface area contributed by atoms with E-state index in [0.717, 1.165) is 0 Å². The van der Waals surface area contributed by atoms with Crippen molar-refractivity contribution in [2.45, 2.75) is 24.8 Å². The summed E-state index contributed by atoms with van der Waals surface area (Å²) in [5, 5.41) is 5.43. The lowest BCUT2D eigenvalue weighted by molar-refractivity contribution is -0.124. The van der Waals surface area contributed by atoms with E-state index in [0.29, 0.717) is 13.0 Å². The molecule has 2 aromatic carbocycles. The van der Waals surface area contributed by atoms with Crippen LogP contribution in [-0.2, 0) is 9.53 Å². The number of rotatable bonds is 3. The van der Waals surface area contributed by atoms with E-state index >= 15 is 0 Å². The third kappa shape index (κ3) is 2.65. The second-order valence-corrected chi connectivity index (χ2v) is 6.79. The van der Waals surface area contributed by atoms with Crippen LogP contribution in [0.15, 0.2) is 48.5 Å².